The molecule has 0 fully saturated rings. The molecular formula is C23H29IN4O3. The van der Waals surface area contributed by atoms with Crippen LogP contribution in [-0.4, -0.2) is 38.3 Å². The molecule has 0 radical (unpaired) electrons. The van der Waals surface area contributed by atoms with Crippen LogP contribution in [0, 0.1) is 6.92 Å². The SMILES string of the molecule is CN=C(NCc1coc(-c2ccccc2)n1)NCc1ccc(C)cc1OCCOC.I. The zero-order valence-corrected chi connectivity index (χ0v) is 20.4. The van der Waals surface area contributed by atoms with E-state index in [1.54, 1.807) is 20.4 Å². The molecule has 0 saturated heterocycles. The van der Waals surface area contributed by atoms with Gasteiger partial charge in [-0.05, 0) is 30.7 Å². The summed E-state index contributed by atoms with van der Waals surface area (Å²) in [5, 5.41) is 6.57. The fourth-order valence-corrected chi connectivity index (χ4v) is 2.85. The molecule has 8 heteroatoms. The van der Waals surface area contributed by atoms with Crippen molar-refractivity contribution in [3.8, 4) is 17.2 Å². The number of aryl methyl sites for hydroxylation is 1. The van der Waals surface area contributed by atoms with Gasteiger partial charge in [0.05, 0.1) is 18.8 Å². The van der Waals surface area contributed by atoms with Crippen molar-refractivity contribution in [2.24, 2.45) is 4.99 Å². The van der Waals surface area contributed by atoms with E-state index in [1.807, 2.05) is 43.3 Å². The van der Waals surface area contributed by atoms with Gasteiger partial charge in [0.25, 0.3) is 0 Å². The van der Waals surface area contributed by atoms with Gasteiger partial charge in [-0.3, -0.25) is 4.99 Å². The summed E-state index contributed by atoms with van der Waals surface area (Å²) >= 11 is 0. The fraction of sp³-hybridized carbons (Fsp3) is 0.304. The minimum Gasteiger partial charge on any atom is -0.491 e. The van der Waals surface area contributed by atoms with E-state index in [2.05, 4.69) is 32.7 Å². The van der Waals surface area contributed by atoms with Crippen molar-refractivity contribution < 1.29 is 13.9 Å². The highest BCUT2D eigenvalue weighted by Gasteiger charge is 2.09. The molecular weight excluding hydrogens is 507 g/mol. The van der Waals surface area contributed by atoms with Gasteiger partial charge in [0, 0.05) is 31.8 Å². The molecule has 1 aromatic heterocycles. The normalized spacial score (nSPS) is 11.0. The Morgan fingerprint density at radius 2 is 1.84 bits per heavy atom. The van der Waals surface area contributed by atoms with Crippen molar-refractivity contribution in [2.45, 2.75) is 20.0 Å². The zero-order chi connectivity index (χ0) is 21.2. The van der Waals surface area contributed by atoms with Gasteiger partial charge >= 0.3 is 0 Å². The summed E-state index contributed by atoms with van der Waals surface area (Å²) in [4.78, 5) is 8.81. The van der Waals surface area contributed by atoms with Gasteiger partial charge in [0.2, 0.25) is 5.89 Å². The minimum absolute atomic E-state index is 0. The Morgan fingerprint density at radius 1 is 1.06 bits per heavy atom. The van der Waals surface area contributed by atoms with Crippen LogP contribution in [0.15, 0.2) is 64.2 Å². The molecule has 2 N–H and O–H groups in total. The molecule has 3 rings (SSSR count). The number of oxazole rings is 1. The molecule has 0 amide bonds. The molecule has 0 aliphatic carbocycles. The number of aromatic nitrogens is 1. The summed E-state index contributed by atoms with van der Waals surface area (Å²) in [6.45, 7) is 4.18. The first-order valence-corrected chi connectivity index (χ1v) is 9.85. The van der Waals surface area contributed by atoms with E-state index in [0.717, 1.165) is 28.1 Å². The molecule has 0 spiro atoms. The number of halogens is 1. The Morgan fingerprint density at radius 3 is 2.58 bits per heavy atom. The first-order valence-electron chi connectivity index (χ1n) is 9.85. The number of aliphatic imine (C=N–C) groups is 1. The third-order valence-electron chi connectivity index (χ3n) is 4.45. The second kappa shape index (κ2) is 13.0. The van der Waals surface area contributed by atoms with Crippen LogP contribution in [0.25, 0.3) is 11.5 Å². The van der Waals surface area contributed by atoms with Crippen LogP contribution < -0.4 is 15.4 Å². The third kappa shape index (κ3) is 7.55. The lowest BCUT2D eigenvalue weighted by molar-refractivity contribution is 0.145. The maximum atomic E-state index is 5.85. The summed E-state index contributed by atoms with van der Waals surface area (Å²) in [5.41, 5.74) is 3.95. The van der Waals surface area contributed by atoms with E-state index in [1.165, 1.54) is 0 Å². The predicted molar refractivity (Wildman–Crippen MR) is 133 cm³/mol. The Hall–Kier alpha value is -2.59. The molecule has 2 aromatic carbocycles. The molecule has 3 aromatic rings. The molecule has 0 unspecified atom stereocenters. The number of rotatable bonds is 9. The Bertz CT molecular complexity index is 960. The number of guanidine groups is 1. The monoisotopic (exact) mass is 536 g/mol. The highest BCUT2D eigenvalue weighted by Crippen LogP contribution is 2.20. The first-order chi connectivity index (χ1) is 14.7. The van der Waals surface area contributed by atoms with Crippen molar-refractivity contribution in [3.63, 3.8) is 0 Å². The van der Waals surface area contributed by atoms with E-state index in [0.29, 0.717) is 38.2 Å². The highest BCUT2D eigenvalue weighted by molar-refractivity contribution is 14.0. The van der Waals surface area contributed by atoms with Gasteiger partial charge in [-0.15, -0.1) is 24.0 Å². The van der Waals surface area contributed by atoms with Gasteiger partial charge in [-0.1, -0.05) is 30.3 Å². The average Bonchev–Trinajstić information content (AvgIpc) is 3.25. The van der Waals surface area contributed by atoms with Crippen molar-refractivity contribution in [3.05, 3.63) is 71.6 Å². The summed E-state index contributed by atoms with van der Waals surface area (Å²) in [6, 6.07) is 16.0. The van der Waals surface area contributed by atoms with Gasteiger partial charge in [-0.25, -0.2) is 4.98 Å². The standard InChI is InChI=1S/C23H28N4O3.HI/c1-17-9-10-19(21(13-17)29-12-11-28-3)14-25-23(24-2)26-15-20-16-30-22(27-20)18-7-5-4-6-8-18;/h4-10,13,16H,11-12,14-15H2,1-3H3,(H2,24,25,26);1H. The lowest BCUT2D eigenvalue weighted by Crippen LogP contribution is -2.36. The number of benzene rings is 2. The van der Waals surface area contributed by atoms with Crippen LogP contribution in [-0.2, 0) is 17.8 Å². The van der Waals surface area contributed by atoms with Gasteiger partial charge in [0.15, 0.2) is 5.96 Å². The van der Waals surface area contributed by atoms with Crippen LogP contribution in [0.1, 0.15) is 16.8 Å². The van der Waals surface area contributed by atoms with Crippen LogP contribution in [0.5, 0.6) is 5.75 Å². The van der Waals surface area contributed by atoms with Crippen molar-refractivity contribution in [2.75, 3.05) is 27.4 Å². The van der Waals surface area contributed by atoms with Crippen LogP contribution in [0.3, 0.4) is 0 Å². The molecule has 1 heterocycles. The van der Waals surface area contributed by atoms with E-state index < -0.39 is 0 Å². The summed E-state index contributed by atoms with van der Waals surface area (Å²) in [6.07, 6.45) is 1.66. The number of hydrogen-bond donors (Lipinski definition) is 2. The number of ether oxygens (including phenoxy) is 2. The molecule has 0 atom stereocenters. The topological polar surface area (TPSA) is 80.9 Å². The second-order valence-electron chi connectivity index (χ2n) is 6.74. The van der Waals surface area contributed by atoms with Crippen LogP contribution >= 0.6 is 24.0 Å². The third-order valence-corrected chi connectivity index (χ3v) is 4.45. The van der Waals surface area contributed by atoms with E-state index >= 15 is 0 Å². The first kappa shape index (κ1) is 24.7. The molecule has 0 aliphatic rings. The van der Waals surface area contributed by atoms with Crippen molar-refractivity contribution >= 4 is 29.9 Å². The number of nitrogens with zero attached hydrogens (tertiary/aromatic N) is 2. The number of nitrogens with one attached hydrogen (secondary N) is 2. The summed E-state index contributed by atoms with van der Waals surface area (Å²) in [7, 11) is 3.40. The summed E-state index contributed by atoms with van der Waals surface area (Å²) < 4.78 is 16.5. The predicted octanol–water partition coefficient (Wildman–Crippen LogP) is 4.16. The second-order valence-corrected chi connectivity index (χ2v) is 6.74. The van der Waals surface area contributed by atoms with E-state index in [-0.39, 0.29) is 24.0 Å². The van der Waals surface area contributed by atoms with Crippen LogP contribution in [0.2, 0.25) is 0 Å². The Labute approximate surface area is 200 Å². The Kier molecular flexibility index (Phi) is 10.3. The largest absolute Gasteiger partial charge is 0.491 e. The van der Waals surface area contributed by atoms with Crippen LogP contribution in [0.4, 0.5) is 0 Å². The van der Waals surface area contributed by atoms with Crippen molar-refractivity contribution in [1.82, 2.24) is 15.6 Å². The minimum atomic E-state index is 0. The molecule has 7 nitrogen and oxygen atoms in total. The zero-order valence-electron chi connectivity index (χ0n) is 18.1. The van der Waals surface area contributed by atoms with Crippen molar-refractivity contribution in [1.29, 1.82) is 0 Å². The smallest absolute Gasteiger partial charge is 0.226 e. The van der Waals surface area contributed by atoms with E-state index in [9.17, 15) is 0 Å². The molecule has 0 aliphatic heterocycles. The molecule has 0 bridgehead atoms. The van der Waals surface area contributed by atoms with Gasteiger partial charge in [-0.2, -0.15) is 0 Å². The highest BCUT2D eigenvalue weighted by atomic mass is 127. The maximum absolute atomic E-state index is 5.85. The van der Waals surface area contributed by atoms with Gasteiger partial charge < -0.3 is 24.5 Å². The van der Waals surface area contributed by atoms with E-state index in [4.69, 9.17) is 13.9 Å². The van der Waals surface area contributed by atoms with Gasteiger partial charge in [0.1, 0.15) is 18.6 Å². The fourth-order valence-electron chi connectivity index (χ4n) is 2.85. The quantitative estimate of drug-likeness (QED) is 0.185. The molecule has 0 saturated carbocycles. The summed E-state index contributed by atoms with van der Waals surface area (Å²) in [5.74, 6) is 2.12. The molecule has 31 heavy (non-hydrogen) atoms. The number of methoxy groups -OCH3 is 1. The Balaban J connectivity index is 0.00000341. The molecule has 166 valence electrons. The lowest BCUT2D eigenvalue weighted by Gasteiger charge is -2.15. The lowest BCUT2D eigenvalue weighted by atomic mass is 10.1. The maximum Gasteiger partial charge on any atom is 0.226 e. The average molecular weight is 536 g/mol. The number of hydrogen-bond acceptors (Lipinski definition) is 5.